The first kappa shape index (κ1) is 4.60. The van der Waals surface area contributed by atoms with Gasteiger partial charge in [-0.1, -0.05) is 25.5 Å². The van der Waals surface area contributed by atoms with E-state index >= 15 is 0 Å². The highest BCUT2D eigenvalue weighted by Crippen LogP contribution is 2.66. The Balaban J connectivity index is 2.04. The van der Waals surface area contributed by atoms with Crippen molar-refractivity contribution >= 4 is 0 Å². The lowest BCUT2D eigenvalue weighted by molar-refractivity contribution is 0.727. The van der Waals surface area contributed by atoms with Crippen LogP contribution in [0.25, 0.3) is 0 Å². The quantitative estimate of drug-likeness (QED) is 0.452. The van der Waals surface area contributed by atoms with Gasteiger partial charge in [-0.15, -0.1) is 0 Å². The average molecular weight is 108 g/mol. The second kappa shape index (κ2) is 1.02. The van der Waals surface area contributed by atoms with Crippen molar-refractivity contribution in [3.05, 3.63) is 11.6 Å². The Morgan fingerprint density at radius 2 is 2.12 bits per heavy atom. The van der Waals surface area contributed by atoms with E-state index in [9.17, 15) is 0 Å². The van der Waals surface area contributed by atoms with Gasteiger partial charge in [0.1, 0.15) is 0 Å². The van der Waals surface area contributed by atoms with Crippen molar-refractivity contribution in [2.24, 2.45) is 11.3 Å². The normalized spacial score (nSPS) is 28.6. The third-order valence-corrected chi connectivity index (χ3v) is 2.33. The smallest absolute Gasteiger partial charge is 0.00975 e. The minimum Gasteiger partial charge on any atom is -0.0739 e. The van der Waals surface area contributed by atoms with E-state index in [1.807, 2.05) is 0 Å². The fraction of sp³-hybridized carbons (Fsp3) is 0.750. The van der Waals surface area contributed by atoms with Crippen LogP contribution in [0.5, 0.6) is 0 Å². The molecule has 1 spiro atoms. The van der Waals surface area contributed by atoms with Gasteiger partial charge < -0.3 is 0 Å². The van der Waals surface area contributed by atoms with Gasteiger partial charge in [0.05, 0.1) is 0 Å². The van der Waals surface area contributed by atoms with Crippen LogP contribution in [0.3, 0.4) is 0 Å². The largest absolute Gasteiger partial charge is 0.0739 e. The maximum Gasteiger partial charge on any atom is 0.00975 e. The van der Waals surface area contributed by atoms with Gasteiger partial charge in [0.25, 0.3) is 0 Å². The molecule has 0 atom stereocenters. The molecular weight excluding hydrogens is 96.1 g/mol. The summed E-state index contributed by atoms with van der Waals surface area (Å²) in [5.41, 5.74) is 2.46. The summed E-state index contributed by atoms with van der Waals surface area (Å²) in [6, 6.07) is 0. The molecule has 44 valence electrons. The average Bonchev–Trinajstić information content (AvgIpc) is 2.50. The van der Waals surface area contributed by atoms with Crippen LogP contribution in [0, 0.1) is 11.3 Å². The minimum absolute atomic E-state index is 0.730. The van der Waals surface area contributed by atoms with Gasteiger partial charge in [-0.05, 0) is 18.8 Å². The zero-order valence-electron chi connectivity index (χ0n) is 5.57. The van der Waals surface area contributed by atoms with Crippen molar-refractivity contribution < 1.29 is 0 Å². The Morgan fingerprint density at radius 1 is 1.50 bits per heavy atom. The van der Waals surface area contributed by atoms with E-state index in [1.54, 1.807) is 5.57 Å². The van der Waals surface area contributed by atoms with Gasteiger partial charge in [-0.2, -0.15) is 0 Å². The molecule has 1 fully saturated rings. The van der Waals surface area contributed by atoms with Gasteiger partial charge in [-0.25, -0.2) is 0 Å². The molecule has 8 heavy (non-hydrogen) atoms. The third kappa shape index (κ3) is 0.410. The molecule has 1 saturated carbocycles. The maximum absolute atomic E-state index is 2.46. The van der Waals surface area contributed by atoms with Crippen LogP contribution in [-0.2, 0) is 0 Å². The Kier molecular flexibility index (Phi) is 0.588. The van der Waals surface area contributed by atoms with E-state index in [4.69, 9.17) is 0 Å². The van der Waals surface area contributed by atoms with Crippen molar-refractivity contribution in [1.82, 2.24) is 0 Å². The fourth-order valence-electron chi connectivity index (χ4n) is 1.57. The number of hydrogen-bond acceptors (Lipinski definition) is 0. The summed E-state index contributed by atoms with van der Waals surface area (Å²) in [5.74, 6) is 0.831. The molecule has 0 nitrogen and oxygen atoms in total. The third-order valence-electron chi connectivity index (χ3n) is 2.33. The Bertz CT molecular complexity index is 147. The van der Waals surface area contributed by atoms with Crippen molar-refractivity contribution in [3.8, 4) is 0 Å². The molecule has 0 aliphatic heterocycles. The number of rotatable bonds is 1. The summed E-state index contributed by atoms with van der Waals surface area (Å²) in [6.07, 6.45) is 5.37. The van der Waals surface area contributed by atoms with Crippen LogP contribution < -0.4 is 0 Å². The highest BCUT2D eigenvalue weighted by molar-refractivity contribution is 5.46. The zero-order chi connectivity index (χ0) is 5.78. The minimum atomic E-state index is 0.730. The topological polar surface area (TPSA) is 0 Å². The molecule has 0 N–H and O–H groups in total. The van der Waals surface area contributed by atoms with Crippen molar-refractivity contribution in [2.45, 2.75) is 26.7 Å². The predicted molar refractivity (Wildman–Crippen MR) is 34.6 cm³/mol. The molecular formula is C8H12. The molecule has 0 saturated heterocycles. The summed E-state index contributed by atoms with van der Waals surface area (Å²) in [6.45, 7) is 4.58. The first-order valence-electron chi connectivity index (χ1n) is 3.48. The van der Waals surface area contributed by atoms with Crippen LogP contribution in [0.2, 0.25) is 0 Å². The van der Waals surface area contributed by atoms with Gasteiger partial charge in [0.15, 0.2) is 0 Å². The van der Waals surface area contributed by atoms with E-state index in [2.05, 4.69) is 19.9 Å². The van der Waals surface area contributed by atoms with Crippen molar-refractivity contribution in [2.75, 3.05) is 0 Å². The summed E-state index contributed by atoms with van der Waals surface area (Å²) in [5, 5.41) is 0. The summed E-state index contributed by atoms with van der Waals surface area (Å²) in [4.78, 5) is 0. The number of hydrogen-bond donors (Lipinski definition) is 0. The van der Waals surface area contributed by atoms with E-state index in [0.29, 0.717) is 0 Å². The predicted octanol–water partition coefficient (Wildman–Crippen LogP) is 2.36. The molecule has 0 aromatic rings. The first-order valence-corrected chi connectivity index (χ1v) is 3.48. The SMILES string of the molecule is CC(C)C1=CC12CC2. The lowest BCUT2D eigenvalue weighted by Gasteiger charge is -1.96. The summed E-state index contributed by atoms with van der Waals surface area (Å²) < 4.78 is 0. The molecule has 0 amide bonds. The number of allylic oxidation sites excluding steroid dienone is 2. The van der Waals surface area contributed by atoms with Crippen LogP contribution in [0.4, 0.5) is 0 Å². The van der Waals surface area contributed by atoms with Gasteiger partial charge in [0.2, 0.25) is 0 Å². The molecule has 2 aliphatic rings. The Hall–Kier alpha value is -0.260. The standard InChI is InChI=1S/C8H12/c1-6(2)7-5-8(7)3-4-8/h5-6H,3-4H2,1-2H3. The molecule has 0 bridgehead atoms. The van der Waals surface area contributed by atoms with E-state index in [1.165, 1.54) is 12.8 Å². The Morgan fingerprint density at radius 3 is 2.25 bits per heavy atom. The van der Waals surface area contributed by atoms with E-state index < -0.39 is 0 Å². The lowest BCUT2D eigenvalue weighted by atomic mass is 10.1. The second-order valence-corrected chi connectivity index (χ2v) is 3.41. The molecule has 0 radical (unpaired) electrons. The van der Waals surface area contributed by atoms with Crippen LogP contribution >= 0.6 is 0 Å². The maximum atomic E-state index is 2.46. The highest BCUT2D eigenvalue weighted by Gasteiger charge is 2.54. The van der Waals surface area contributed by atoms with Crippen LogP contribution in [0.1, 0.15) is 26.7 Å². The monoisotopic (exact) mass is 108 g/mol. The second-order valence-electron chi connectivity index (χ2n) is 3.41. The summed E-state index contributed by atoms with van der Waals surface area (Å²) in [7, 11) is 0. The van der Waals surface area contributed by atoms with Gasteiger partial charge in [0, 0.05) is 5.41 Å². The van der Waals surface area contributed by atoms with Crippen molar-refractivity contribution in [3.63, 3.8) is 0 Å². The molecule has 0 aromatic carbocycles. The lowest BCUT2D eigenvalue weighted by Crippen LogP contribution is -1.86. The van der Waals surface area contributed by atoms with Crippen LogP contribution in [-0.4, -0.2) is 0 Å². The summed E-state index contributed by atoms with van der Waals surface area (Å²) >= 11 is 0. The molecule has 0 heterocycles. The molecule has 2 aliphatic carbocycles. The van der Waals surface area contributed by atoms with Gasteiger partial charge >= 0.3 is 0 Å². The molecule has 0 aromatic heterocycles. The van der Waals surface area contributed by atoms with Crippen LogP contribution in [0.15, 0.2) is 11.6 Å². The molecule has 0 heteroatoms. The Labute approximate surface area is 50.6 Å². The highest BCUT2D eigenvalue weighted by atomic mass is 14.6. The van der Waals surface area contributed by atoms with Gasteiger partial charge in [-0.3, -0.25) is 0 Å². The zero-order valence-corrected chi connectivity index (χ0v) is 5.57. The van der Waals surface area contributed by atoms with E-state index in [-0.39, 0.29) is 0 Å². The first-order chi connectivity index (χ1) is 3.75. The molecule has 2 rings (SSSR count). The molecule has 0 unspecified atom stereocenters. The van der Waals surface area contributed by atoms with Crippen molar-refractivity contribution in [1.29, 1.82) is 0 Å². The fourth-order valence-corrected chi connectivity index (χ4v) is 1.57. The van der Waals surface area contributed by atoms with E-state index in [0.717, 1.165) is 11.3 Å².